The minimum atomic E-state index is -2.84. The van der Waals surface area contributed by atoms with E-state index in [2.05, 4.69) is 0 Å². The first-order valence-corrected chi connectivity index (χ1v) is 10.3. The maximum atomic E-state index is 13.4. The van der Waals surface area contributed by atoms with Gasteiger partial charge in [0.1, 0.15) is 17.6 Å². The summed E-state index contributed by atoms with van der Waals surface area (Å²) in [6.07, 6.45) is -6.29. The van der Waals surface area contributed by atoms with E-state index in [-0.39, 0.29) is 6.42 Å². The van der Waals surface area contributed by atoms with Gasteiger partial charge in [0, 0.05) is 12.3 Å². The van der Waals surface area contributed by atoms with Gasteiger partial charge in [0.25, 0.3) is 0 Å². The van der Waals surface area contributed by atoms with Crippen LogP contribution in [0.15, 0.2) is 0 Å². The van der Waals surface area contributed by atoms with Gasteiger partial charge in [-0.05, 0) is 12.3 Å². The molecule has 0 aromatic rings. The van der Waals surface area contributed by atoms with Crippen LogP contribution in [0.5, 0.6) is 0 Å². The Labute approximate surface area is 176 Å². The van der Waals surface area contributed by atoms with E-state index in [0.29, 0.717) is 0 Å². The number of rotatable bonds is 0. The molecule has 6 fully saturated rings. The second-order valence-corrected chi connectivity index (χ2v) is 10.9. The first-order chi connectivity index (χ1) is 14.2. The third kappa shape index (κ3) is 1.43. The van der Waals surface area contributed by atoms with Crippen LogP contribution < -0.4 is 0 Å². The Bertz CT molecular complexity index is 973. The lowest BCUT2D eigenvalue weighted by molar-refractivity contribution is -0.387. The van der Waals surface area contributed by atoms with Crippen molar-refractivity contribution in [3.8, 4) is 0 Å². The van der Waals surface area contributed by atoms with Crippen LogP contribution in [0.2, 0.25) is 0 Å². The van der Waals surface area contributed by atoms with Crippen molar-refractivity contribution < 1.29 is 53.8 Å². The summed E-state index contributed by atoms with van der Waals surface area (Å²) >= 11 is 0. The molecule has 2 aliphatic carbocycles. The highest BCUT2D eigenvalue weighted by Crippen LogP contribution is 2.86. The summed E-state index contributed by atoms with van der Waals surface area (Å²) in [4.78, 5) is 38.3. The standard InChI is InChI=1S/C20H24O11/c1-6-12(23)28-7-5-16-11-8(21)9(15(2,3)4)17(16)10(22)13(24)30-20(17,27)31-19(16,14(25)29-11)18(6,7)26/h6-11,21-22,26-27H,5H2,1-4H3/t6-,7+,8-,9+,10+,11-,16-,17-,18-,19-,20-/m1/s1. The summed E-state index contributed by atoms with van der Waals surface area (Å²) in [5, 5.41) is 46.1. The molecule has 2 saturated carbocycles. The van der Waals surface area contributed by atoms with Gasteiger partial charge in [0.15, 0.2) is 11.7 Å². The molecule has 0 radical (unpaired) electrons. The second kappa shape index (κ2) is 4.76. The molecule has 11 nitrogen and oxygen atoms in total. The van der Waals surface area contributed by atoms with Crippen LogP contribution >= 0.6 is 0 Å². The number of hydrogen-bond donors (Lipinski definition) is 4. The quantitative estimate of drug-likeness (QED) is 0.242. The van der Waals surface area contributed by atoms with Gasteiger partial charge >= 0.3 is 23.9 Å². The number of fused-ring (bicyclic) bond motifs is 1. The van der Waals surface area contributed by atoms with Crippen molar-refractivity contribution >= 4 is 17.9 Å². The lowest BCUT2D eigenvalue weighted by atomic mass is 9.51. The lowest BCUT2D eigenvalue weighted by Crippen LogP contribution is -2.66. The highest BCUT2D eigenvalue weighted by atomic mass is 16.9. The summed E-state index contributed by atoms with van der Waals surface area (Å²) in [6.45, 7) is 6.56. The van der Waals surface area contributed by atoms with E-state index in [1.165, 1.54) is 6.92 Å². The van der Waals surface area contributed by atoms with Crippen molar-refractivity contribution in [2.45, 2.75) is 75.7 Å². The van der Waals surface area contributed by atoms with E-state index in [4.69, 9.17) is 18.9 Å². The van der Waals surface area contributed by atoms with Gasteiger partial charge < -0.3 is 34.6 Å². The number of aliphatic hydroxyl groups is 4. The van der Waals surface area contributed by atoms with Crippen molar-refractivity contribution in [3.63, 3.8) is 0 Å². The fourth-order valence-corrected chi connectivity index (χ4v) is 8.30. The van der Waals surface area contributed by atoms with E-state index in [9.17, 15) is 34.8 Å². The molecule has 0 amide bonds. The number of ether oxygens (including phenoxy) is 4. The summed E-state index contributed by atoms with van der Waals surface area (Å²) in [6, 6.07) is 0. The molecule has 11 heteroatoms. The average molecular weight is 440 g/mol. The van der Waals surface area contributed by atoms with Crippen LogP contribution in [-0.4, -0.2) is 79.9 Å². The zero-order valence-corrected chi connectivity index (χ0v) is 17.3. The van der Waals surface area contributed by atoms with E-state index < -0.39 is 87.6 Å². The third-order valence-electron chi connectivity index (χ3n) is 8.99. The topological polar surface area (TPSA) is 169 Å². The first-order valence-electron chi connectivity index (χ1n) is 10.3. The molecule has 0 aromatic heterocycles. The maximum absolute atomic E-state index is 13.4. The summed E-state index contributed by atoms with van der Waals surface area (Å²) in [7, 11) is 0. The second-order valence-electron chi connectivity index (χ2n) is 10.9. The van der Waals surface area contributed by atoms with Crippen LogP contribution in [0, 0.1) is 28.1 Å². The van der Waals surface area contributed by atoms with Crippen LogP contribution in [-0.2, 0) is 33.3 Å². The average Bonchev–Trinajstić information content (AvgIpc) is 3.29. The van der Waals surface area contributed by atoms with Gasteiger partial charge in [0.2, 0.25) is 5.60 Å². The van der Waals surface area contributed by atoms with Gasteiger partial charge in [-0.2, -0.15) is 0 Å². The minimum Gasteiger partial charge on any atom is -0.459 e. The minimum absolute atomic E-state index is 0.282. The van der Waals surface area contributed by atoms with Crippen LogP contribution in [0.25, 0.3) is 0 Å². The summed E-state index contributed by atoms with van der Waals surface area (Å²) < 4.78 is 22.0. The molecule has 170 valence electrons. The number of aliphatic hydroxyl groups excluding tert-OH is 2. The Morgan fingerprint density at radius 1 is 1.03 bits per heavy atom. The molecule has 6 aliphatic rings. The van der Waals surface area contributed by atoms with E-state index in [1.807, 2.05) is 0 Å². The number of carbonyl (C=O) groups excluding carboxylic acids is 3. The Morgan fingerprint density at radius 3 is 2.29 bits per heavy atom. The number of esters is 3. The van der Waals surface area contributed by atoms with Gasteiger partial charge in [-0.3, -0.25) is 9.53 Å². The molecule has 11 atom stereocenters. The van der Waals surface area contributed by atoms with Crippen molar-refractivity contribution in [1.29, 1.82) is 0 Å². The van der Waals surface area contributed by atoms with E-state index >= 15 is 0 Å². The molecule has 4 N–H and O–H groups in total. The van der Waals surface area contributed by atoms with Gasteiger partial charge in [-0.1, -0.05) is 20.8 Å². The van der Waals surface area contributed by atoms with Gasteiger partial charge in [0.05, 0.1) is 17.4 Å². The molecule has 0 unspecified atom stereocenters. The number of carbonyl (C=O) groups is 3. The number of hydrogen-bond acceptors (Lipinski definition) is 11. The van der Waals surface area contributed by atoms with Gasteiger partial charge in [-0.15, -0.1) is 0 Å². The third-order valence-corrected chi connectivity index (χ3v) is 8.99. The van der Waals surface area contributed by atoms with Crippen molar-refractivity contribution in [3.05, 3.63) is 0 Å². The molecule has 6 rings (SSSR count). The predicted octanol–water partition coefficient (Wildman–Crippen LogP) is -2.05. The first kappa shape index (κ1) is 19.9. The predicted molar refractivity (Wildman–Crippen MR) is 93.2 cm³/mol. The zero-order valence-electron chi connectivity index (χ0n) is 17.3. The Balaban J connectivity index is 1.75. The van der Waals surface area contributed by atoms with Crippen LogP contribution in [0.3, 0.4) is 0 Å². The maximum Gasteiger partial charge on any atom is 0.343 e. The van der Waals surface area contributed by atoms with Crippen molar-refractivity contribution in [2.24, 2.45) is 28.1 Å². The van der Waals surface area contributed by atoms with Crippen LogP contribution in [0.4, 0.5) is 0 Å². The zero-order chi connectivity index (χ0) is 22.7. The fourth-order valence-electron chi connectivity index (χ4n) is 8.30. The van der Waals surface area contributed by atoms with Crippen molar-refractivity contribution in [2.75, 3.05) is 0 Å². The normalized spacial score (nSPS) is 61.0. The lowest BCUT2D eigenvalue weighted by Gasteiger charge is -2.47. The molecular weight excluding hydrogens is 416 g/mol. The summed E-state index contributed by atoms with van der Waals surface area (Å²) in [5.41, 5.74) is -9.41. The molecule has 31 heavy (non-hydrogen) atoms. The van der Waals surface area contributed by atoms with E-state index in [1.54, 1.807) is 20.8 Å². The summed E-state index contributed by atoms with van der Waals surface area (Å²) in [5.74, 6) is -8.20. The van der Waals surface area contributed by atoms with E-state index in [0.717, 1.165) is 0 Å². The van der Waals surface area contributed by atoms with Crippen molar-refractivity contribution in [1.82, 2.24) is 0 Å². The Kier molecular flexibility index (Phi) is 3.05. The molecule has 2 spiro atoms. The molecule has 0 bridgehead atoms. The molecular formula is C20H24O11. The van der Waals surface area contributed by atoms with Gasteiger partial charge in [-0.25, -0.2) is 9.59 Å². The highest BCUT2D eigenvalue weighted by Gasteiger charge is 3.06. The SMILES string of the molecule is C[C@@H]1C(=O)O[C@H]2C[C@]34[C@@H]5OC(=O)[C@]3(O[C@]3(O)OC(=O)[C@H](O)[C@@]34[C@H](C(C)(C)C)[C@H]5O)[C@]21O. The fraction of sp³-hybridized carbons (Fsp3) is 0.850. The molecule has 0 aromatic carbocycles. The Morgan fingerprint density at radius 2 is 1.68 bits per heavy atom. The van der Waals surface area contributed by atoms with Crippen LogP contribution in [0.1, 0.15) is 34.1 Å². The highest BCUT2D eigenvalue weighted by molar-refractivity contribution is 5.94. The smallest absolute Gasteiger partial charge is 0.343 e. The largest absolute Gasteiger partial charge is 0.459 e. The Hall–Kier alpha value is -1.79. The molecule has 4 saturated heterocycles. The molecule has 4 aliphatic heterocycles. The molecule has 4 heterocycles. The monoisotopic (exact) mass is 440 g/mol.